The van der Waals surface area contributed by atoms with Crippen LogP contribution in [0.1, 0.15) is 27.7 Å². The number of rotatable bonds is 5. The highest BCUT2D eigenvalue weighted by Crippen LogP contribution is 2.34. The maximum Gasteiger partial charge on any atom is 0.162 e. The fraction of sp³-hybridized carbons (Fsp3) is 0.625. The minimum Gasteiger partial charge on any atom is -0.486 e. The third kappa shape index (κ3) is 4.91. The zero-order valence-corrected chi connectivity index (χ0v) is 13.7. The van der Waals surface area contributed by atoms with Crippen molar-refractivity contribution in [2.24, 2.45) is 5.92 Å². The first-order valence-corrected chi connectivity index (χ1v) is 8.20. The summed E-state index contributed by atoms with van der Waals surface area (Å²) in [6, 6.07) is 6.21. The molecule has 0 aromatic heterocycles. The van der Waals surface area contributed by atoms with Crippen LogP contribution in [0.4, 0.5) is 0 Å². The van der Waals surface area contributed by atoms with E-state index < -0.39 is 0 Å². The van der Waals surface area contributed by atoms with Gasteiger partial charge in [0.2, 0.25) is 0 Å². The molecule has 1 heterocycles. The van der Waals surface area contributed by atoms with Crippen LogP contribution in [0.2, 0.25) is 0 Å². The SMILES string of the molecule is CC(CNC(C)(C)C)CSc1ccc2c(c1)OCCO2. The molecular formula is C16H25NO2S. The molecule has 1 aromatic rings. The molecule has 0 aliphatic carbocycles. The summed E-state index contributed by atoms with van der Waals surface area (Å²) in [5.74, 6) is 3.47. The van der Waals surface area contributed by atoms with E-state index in [1.54, 1.807) is 0 Å². The molecule has 1 aliphatic heterocycles. The first-order chi connectivity index (χ1) is 9.44. The van der Waals surface area contributed by atoms with Gasteiger partial charge < -0.3 is 14.8 Å². The number of thioether (sulfide) groups is 1. The van der Waals surface area contributed by atoms with Crippen LogP contribution in [0.15, 0.2) is 23.1 Å². The van der Waals surface area contributed by atoms with Gasteiger partial charge in [-0.25, -0.2) is 0 Å². The van der Waals surface area contributed by atoms with Crippen LogP contribution in [0, 0.1) is 5.92 Å². The second-order valence-corrected chi connectivity index (χ2v) is 7.45. The van der Waals surface area contributed by atoms with Crippen molar-refractivity contribution in [3.8, 4) is 11.5 Å². The number of nitrogens with one attached hydrogen (secondary N) is 1. The topological polar surface area (TPSA) is 30.5 Å². The van der Waals surface area contributed by atoms with Gasteiger partial charge in [-0.05, 0) is 51.4 Å². The maximum atomic E-state index is 5.61. The fourth-order valence-corrected chi connectivity index (χ4v) is 2.84. The van der Waals surface area contributed by atoms with E-state index in [2.05, 4.69) is 45.1 Å². The zero-order valence-electron chi connectivity index (χ0n) is 12.9. The standard InChI is InChI=1S/C16H25NO2S/c1-12(10-17-16(2,3)4)11-20-13-5-6-14-15(9-13)19-8-7-18-14/h5-6,9,12,17H,7-8,10-11H2,1-4H3. The summed E-state index contributed by atoms with van der Waals surface area (Å²) in [6.45, 7) is 11.2. The number of fused-ring (bicyclic) bond motifs is 1. The van der Waals surface area contributed by atoms with Gasteiger partial charge in [0.25, 0.3) is 0 Å². The molecule has 1 unspecified atom stereocenters. The third-order valence-electron chi connectivity index (χ3n) is 3.03. The number of ether oxygens (including phenoxy) is 2. The molecule has 0 radical (unpaired) electrons. The Kier molecular flexibility index (Phi) is 5.22. The van der Waals surface area contributed by atoms with Crippen LogP contribution in [0.25, 0.3) is 0 Å². The second-order valence-electron chi connectivity index (χ2n) is 6.35. The van der Waals surface area contributed by atoms with Crippen molar-refractivity contribution in [1.29, 1.82) is 0 Å². The van der Waals surface area contributed by atoms with Crippen molar-refractivity contribution < 1.29 is 9.47 Å². The summed E-state index contributed by atoms with van der Waals surface area (Å²) < 4.78 is 11.1. The van der Waals surface area contributed by atoms with Crippen molar-refractivity contribution in [2.45, 2.75) is 38.1 Å². The maximum absolute atomic E-state index is 5.61. The number of hydrogen-bond donors (Lipinski definition) is 1. The molecule has 0 saturated heterocycles. The van der Waals surface area contributed by atoms with Crippen LogP contribution in [-0.2, 0) is 0 Å². The first-order valence-electron chi connectivity index (χ1n) is 7.21. The van der Waals surface area contributed by atoms with Crippen molar-refractivity contribution in [3.63, 3.8) is 0 Å². The highest BCUT2D eigenvalue weighted by Gasteiger charge is 2.14. The Labute approximate surface area is 126 Å². The second kappa shape index (κ2) is 6.72. The van der Waals surface area contributed by atoms with Gasteiger partial charge in [-0.1, -0.05) is 6.92 Å². The van der Waals surface area contributed by atoms with E-state index in [9.17, 15) is 0 Å². The highest BCUT2D eigenvalue weighted by atomic mass is 32.2. The molecule has 0 bridgehead atoms. The van der Waals surface area contributed by atoms with E-state index in [0.717, 1.165) is 23.8 Å². The van der Waals surface area contributed by atoms with Gasteiger partial charge in [0.1, 0.15) is 13.2 Å². The lowest BCUT2D eigenvalue weighted by atomic mass is 10.1. The normalized spacial score (nSPS) is 16.0. The van der Waals surface area contributed by atoms with Crippen molar-refractivity contribution in [1.82, 2.24) is 5.32 Å². The van der Waals surface area contributed by atoms with E-state index in [4.69, 9.17) is 9.47 Å². The van der Waals surface area contributed by atoms with Crippen LogP contribution in [-0.4, -0.2) is 31.1 Å². The lowest BCUT2D eigenvalue weighted by Crippen LogP contribution is -2.39. The van der Waals surface area contributed by atoms with Gasteiger partial charge in [0.15, 0.2) is 11.5 Å². The first kappa shape index (κ1) is 15.5. The van der Waals surface area contributed by atoms with E-state index >= 15 is 0 Å². The van der Waals surface area contributed by atoms with Crippen molar-refractivity contribution in [3.05, 3.63) is 18.2 Å². The van der Waals surface area contributed by atoms with Gasteiger partial charge in [-0.15, -0.1) is 11.8 Å². The monoisotopic (exact) mass is 295 g/mol. The minimum atomic E-state index is 0.190. The lowest BCUT2D eigenvalue weighted by Gasteiger charge is -2.23. The van der Waals surface area contributed by atoms with Crippen LogP contribution in [0.5, 0.6) is 11.5 Å². The molecule has 1 N–H and O–H groups in total. The molecule has 1 atom stereocenters. The van der Waals surface area contributed by atoms with E-state index in [1.807, 2.05) is 17.8 Å². The zero-order chi connectivity index (χ0) is 14.6. The largest absolute Gasteiger partial charge is 0.486 e. The van der Waals surface area contributed by atoms with Crippen LogP contribution < -0.4 is 14.8 Å². The highest BCUT2D eigenvalue weighted by molar-refractivity contribution is 7.99. The summed E-state index contributed by atoms with van der Waals surface area (Å²) in [5.41, 5.74) is 0.190. The Balaban J connectivity index is 1.81. The molecule has 0 fully saturated rings. The predicted molar refractivity (Wildman–Crippen MR) is 85.1 cm³/mol. The van der Waals surface area contributed by atoms with E-state index in [0.29, 0.717) is 19.1 Å². The Morgan fingerprint density at radius 1 is 1.20 bits per heavy atom. The van der Waals surface area contributed by atoms with Crippen molar-refractivity contribution >= 4 is 11.8 Å². The van der Waals surface area contributed by atoms with Gasteiger partial charge in [-0.2, -0.15) is 0 Å². The average Bonchev–Trinajstić information content (AvgIpc) is 2.42. The van der Waals surface area contributed by atoms with E-state index in [-0.39, 0.29) is 5.54 Å². The van der Waals surface area contributed by atoms with Gasteiger partial charge in [0, 0.05) is 16.2 Å². The summed E-state index contributed by atoms with van der Waals surface area (Å²) in [4.78, 5) is 1.25. The molecule has 4 heteroatoms. The fourth-order valence-electron chi connectivity index (χ4n) is 1.89. The minimum absolute atomic E-state index is 0.190. The number of benzene rings is 1. The smallest absolute Gasteiger partial charge is 0.162 e. The molecule has 0 saturated carbocycles. The molecule has 3 nitrogen and oxygen atoms in total. The van der Waals surface area contributed by atoms with Gasteiger partial charge in [-0.3, -0.25) is 0 Å². The average molecular weight is 295 g/mol. The Morgan fingerprint density at radius 2 is 1.90 bits per heavy atom. The summed E-state index contributed by atoms with van der Waals surface area (Å²) >= 11 is 1.88. The molecule has 1 aromatic carbocycles. The summed E-state index contributed by atoms with van der Waals surface area (Å²) in [7, 11) is 0. The molecule has 0 amide bonds. The van der Waals surface area contributed by atoms with Crippen LogP contribution in [0.3, 0.4) is 0 Å². The Hall–Kier alpha value is -0.870. The van der Waals surface area contributed by atoms with E-state index in [1.165, 1.54) is 4.90 Å². The van der Waals surface area contributed by atoms with Crippen molar-refractivity contribution in [2.75, 3.05) is 25.5 Å². The molecule has 20 heavy (non-hydrogen) atoms. The van der Waals surface area contributed by atoms with Gasteiger partial charge >= 0.3 is 0 Å². The molecule has 1 aliphatic rings. The molecule has 2 rings (SSSR count). The Morgan fingerprint density at radius 3 is 2.60 bits per heavy atom. The Bertz CT molecular complexity index is 443. The summed E-state index contributed by atoms with van der Waals surface area (Å²) in [5, 5.41) is 3.55. The summed E-state index contributed by atoms with van der Waals surface area (Å²) in [6.07, 6.45) is 0. The molecular weight excluding hydrogens is 270 g/mol. The quantitative estimate of drug-likeness (QED) is 0.841. The van der Waals surface area contributed by atoms with Crippen LogP contribution >= 0.6 is 11.8 Å². The third-order valence-corrected chi connectivity index (χ3v) is 4.35. The lowest BCUT2D eigenvalue weighted by molar-refractivity contribution is 0.171. The predicted octanol–water partition coefficient (Wildman–Crippen LogP) is 3.57. The number of hydrogen-bond acceptors (Lipinski definition) is 4. The van der Waals surface area contributed by atoms with Gasteiger partial charge in [0.05, 0.1) is 0 Å². The molecule has 112 valence electrons. The molecule has 0 spiro atoms.